The predicted molar refractivity (Wildman–Crippen MR) is 95.3 cm³/mol. The lowest BCUT2D eigenvalue weighted by atomic mass is 9.89. The van der Waals surface area contributed by atoms with Crippen molar-refractivity contribution in [1.29, 1.82) is 0 Å². The quantitative estimate of drug-likeness (QED) is 0.793. The van der Waals surface area contributed by atoms with Crippen molar-refractivity contribution in [2.45, 2.75) is 38.6 Å². The van der Waals surface area contributed by atoms with Crippen LogP contribution in [0, 0.1) is 5.92 Å². The molecule has 3 rings (SSSR count). The van der Waals surface area contributed by atoms with E-state index in [2.05, 4.69) is 4.98 Å². The van der Waals surface area contributed by atoms with Gasteiger partial charge >= 0.3 is 0 Å². The topological polar surface area (TPSA) is 53.5 Å². The summed E-state index contributed by atoms with van der Waals surface area (Å²) in [7, 11) is 0. The monoisotopic (exact) mass is 347 g/mol. The molecule has 0 aromatic carbocycles. The predicted octanol–water partition coefficient (Wildman–Crippen LogP) is 2.52. The summed E-state index contributed by atoms with van der Waals surface area (Å²) < 4.78 is 0. The average molecular weight is 347 g/mol. The first-order chi connectivity index (χ1) is 11.7. The maximum absolute atomic E-state index is 12.8. The summed E-state index contributed by atoms with van der Waals surface area (Å²) in [6, 6.07) is 3.91. The molecular weight excluding hydrogens is 322 g/mol. The molecule has 0 radical (unpaired) electrons. The summed E-state index contributed by atoms with van der Waals surface area (Å²) in [4.78, 5) is 32.3. The standard InChI is InChI=1S/C18H25N3O2S/c22-17(12-21-14-24-13-18(21)23)20(10-15-4-2-1-3-5-15)11-16-6-8-19-9-7-16/h6-9,15H,1-5,10-14H2. The van der Waals surface area contributed by atoms with Crippen LogP contribution in [0.1, 0.15) is 37.7 Å². The van der Waals surface area contributed by atoms with Gasteiger partial charge in [-0.15, -0.1) is 11.8 Å². The van der Waals surface area contributed by atoms with Crippen LogP contribution in [0.5, 0.6) is 0 Å². The van der Waals surface area contributed by atoms with E-state index in [1.165, 1.54) is 32.1 Å². The van der Waals surface area contributed by atoms with Crippen LogP contribution in [-0.4, -0.2) is 51.3 Å². The number of thioether (sulfide) groups is 1. The second-order valence-electron chi connectivity index (χ2n) is 6.70. The molecule has 0 unspecified atom stereocenters. The Labute approximate surface area is 147 Å². The summed E-state index contributed by atoms with van der Waals surface area (Å²) in [5.41, 5.74) is 1.09. The highest BCUT2D eigenvalue weighted by Crippen LogP contribution is 2.25. The van der Waals surface area contributed by atoms with Crippen LogP contribution >= 0.6 is 11.8 Å². The van der Waals surface area contributed by atoms with E-state index in [4.69, 9.17) is 0 Å². The summed E-state index contributed by atoms with van der Waals surface area (Å²) in [5.74, 6) is 1.87. The van der Waals surface area contributed by atoms with Gasteiger partial charge in [-0.05, 0) is 36.5 Å². The smallest absolute Gasteiger partial charge is 0.242 e. The van der Waals surface area contributed by atoms with Crippen molar-refractivity contribution in [2.75, 3.05) is 24.7 Å². The molecule has 1 aromatic heterocycles. The van der Waals surface area contributed by atoms with Gasteiger partial charge in [0.15, 0.2) is 0 Å². The normalized spacial score (nSPS) is 18.8. The summed E-state index contributed by atoms with van der Waals surface area (Å²) in [6.45, 7) is 1.62. The molecule has 0 spiro atoms. The summed E-state index contributed by atoms with van der Waals surface area (Å²) in [6.07, 6.45) is 9.79. The van der Waals surface area contributed by atoms with Gasteiger partial charge in [-0.25, -0.2) is 0 Å². The fourth-order valence-electron chi connectivity index (χ4n) is 3.45. The van der Waals surface area contributed by atoms with Gasteiger partial charge in [0, 0.05) is 25.5 Å². The average Bonchev–Trinajstić information content (AvgIpc) is 3.01. The number of amides is 2. The molecule has 1 aromatic rings. The fraction of sp³-hybridized carbons (Fsp3) is 0.611. The highest BCUT2D eigenvalue weighted by Gasteiger charge is 2.27. The molecule has 2 amide bonds. The minimum atomic E-state index is 0.0632. The molecule has 2 aliphatic rings. The number of aromatic nitrogens is 1. The molecule has 1 aliphatic carbocycles. The molecule has 1 saturated heterocycles. The molecule has 0 N–H and O–H groups in total. The number of hydrogen-bond donors (Lipinski definition) is 0. The van der Waals surface area contributed by atoms with Gasteiger partial charge in [0.05, 0.1) is 11.6 Å². The van der Waals surface area contributed by atoms with Crippen molar-refractivity contribution < 1.29 is 9.59 Å². The van der Waals surface area contributed by atoms with Crippen LogP contribution < -0.4 is 0 Å². The highest BCUT2D eigenvalue weighted by molar-refractivity contribution is 8.00. The number of rotatable bonds is 6. The molecule has 1 aliphatic heterocycles. The van der Waals surface area contributed by atoms with Gasteiger partial charge in [0.1, 0.15) is 6.54 Å². The van der Waals surface area contributed by atoms with E-state index in [0.717, 1.165) is 12.1 Å². The van der Waals surface area contributed by atoms with Crippen molar-refractivity contribution in [1.82, 2.24) is 14.8 Å². The van der Waals surface area contributed by atoms with Crippen LogP contribution in [0.15, 0.2) is 24.5 Å². The Morgan fingerprint density at radius 3 is 2.67 bits per heavy atom. The van der Waals surface area contributed by atoms with Crippen LogP contribution in [0.2, 0.25) is 0 Å². The molecule has 1 saturated carbocycles. The Morgan fingerprint density at radius 2 is 2.00 bits per heavy atom. The number of hydrogen-bond acceptors (Lipinski definition) is 4. The van der Waals surface area contributed by atoms with Crippen molar-refractivity contribution in [2.24, 2.45) is 5.92 Å². The minimum absolute atomic E-state index is 0.0632. The Hall–Kier alpha value is -1.56. The number of pyridine rings is 1. The van der Waals surface area contributed by atoms with Gasteiger partial charge in [0.25, 0.3) is 0 Å². The Kier molecular flexibility index (Phi) is 6.12. The van der Waals surface area contributed by atoms with E-state index in [1.54, 1.807) is 29.1 Å². The largest absolute Gasteiger partial charge is 0.337 e. The number of carbonyl (C=O) groups is 2. The van der Waals surface area contributed by atoms with E-state index >= 15 is 0 Å². The molecule has 2 heterocycles. The zero-order chi connectivity index (χ0) is 16.8. The molecular formula is C18H25N3O2S. The van der Waals surface area contributed by atoms with Gasteiger partial charge in [0.2, 0.25) is 11.8 Å². The number of nitrogens with zero attached hydrogens (tertiary/aromatic N) is 3. The van der Waals surface area contributed by atoms with Crippen LogP contribution in [0.4, 0.5) is 0 Å². The third-order valence-corrected chi connectivity index (χ3v) is 5.78. The first kappa shape index (κ1) is 17.3. The summed E-state index contributed by atoms with van der Waals surface area (Å²) in [5, 5.41) is 0. The molecule has 5 nitrogen and oxygen atoms in total. The molecule has 0 atom stereocenters. The molecule has 0 bridgehead atoms. The van der Waals surface area contributed by atoms with Gasteiger partial charge in [-0.2, -0.15) is 0 Å². The van der Waals surface area contributed by atoms with Gasteiger partial charge < -0.3 is 9.80 Å². The Bertz CT molecular complexity index is 561. The first-order valence-corrected chi connectivity index (χ1v) is 9.90. The van der Waals surface area contributed by atoms with E-state index in [1.807, 2.05) is 17.0 Å². The van der Waals surface area contributed by atoms with Crippen LogP contribution in [-0.2, 0) is 16.1 Å². The van der Waals surface area contributed by atoms with Crippen molar-refractivity contribution in [3.8, 4) is 0 Å². The lowest BCUT2D eigenvalue weighted by molar-refractivity contribution is -0.139. The maximum atomic E-state index is 12.8. The van der Waals surface area contributed by atoms with Gasteiger partial charge in [-0.1, -0.05) is 19.3 Å². The lowest BCUT2D eigenvalue weighted by Crippen LogP contribution is -2.43. The zero-order valence-electron chi connectivity index (χ0n) is 14.0. The zero-order valence-corrected chi connectivity index (χ0v) is 14.8. The number of carbonyl (C=O) groups excluding carboxylic acids is 2. The van der Waals surface area contributed by atoms with Crippen LogP contribution in [0.25, 0.3) is 0 Å². The third kappa shape index (κ3) is 4.72. The van der Waals surface area contributed by atoms with E-state index < -0.39 is 0 Å². The van der Waals surface area contributed by atoms with Crippen molar-refractivity contribution >= 4 is 23.6 Å². The molecule has 24 heavy (non-hydrogen) atoms. The van der Waals surface area contributed by atoms with Crippen molar-refractivity contribution in [3.63, 3.8) is 0 Å². The van der Waals surface area contributed by atoms with Gasteiger partial charge in [-0.3, -0.25) is 14.6 Å². The fourth-order valence-corrected chi connectivity index (χ4v) is 4.35. The maximum Gasteiger partial charge on any atom is 0.242 e. The summed E-state index contributed by atoms with van der Waals surface area (Å²) >= 11 is 1.58. The minimum Gasteiger partial charge on any atom is -0.337 e. The molecule has 2 fully saturated rings. The Morgan fingerprint density at radius 1 is 1.25 bits per heavy atom. The van der Waals surface area contributed by atoms with E-state index in [9.17, 15) is 9.59 Å². The third-order valence-electron chi connectivity index (χ3n) is 4.83. The molecule has 6 heteroatoms. The second-order valence-corrected chi connectivity index (χ2v) is 7.66. The van der Waals surface area contributed by atoms with E-state index in [0.29, 0.717) is 24.1 Å². The molecule has 130 valence electrons. The second kappa shape index (κ2) is 8.51. The lowest BCUT2D eigenvalue weighted by Gasteiger charge is -2.31. The van der Waals surface area contributed by atoms with Crippen molar-refractivity contribution in [3.05, 3.63) is 30.1 Å². The Balaban J connectivity index is 1.65. The van der Waals surface area contributed by atoms with E-state index in [-0.39, 0.29) is 18.4 Å². The first-order valence-electron chi connectivity index (χ1n) is 8.74. The SMILES string of the molecule is O=C1CSCN1CC(=O)N(Cc1ccncc1)CC1CCCCC1. The van der Waals surface area contributed by atoms with Crippen LogP contribution in [0.3, 0.4) is 0 Å². The highest BCUT2D eigenvalue weighted by atomic mass is 32.2.